The van der Waals surface area contributed by atoms with E-state index in [9.17, 15) is 9.59 Å². The third kappa shape index (κ3) is 4.61. The van der Waals surface area contributed by atoms with Crippen molar-refractivity contribution < 1.29 is 19.1 Å². The molecule has 0 spiro atoms. The third-order valence-electron chi connectivity index (χ3n) is 5.66. The average molecular weight is 445 g/mol. The number of aromatic amines is 1. The van der Waals surface area contributed by atoms with Crippen molar-refractivity contribution >= 4 is 41.7 Å². The molecule has 2 aromatic rings. The van der Waals surface area contributed by atoms with Gasteiger partial charge in [-0.05, 0) is 35.4 Å². The van der Waals surface area contributed by atoms with E-state index in [0.717, 1.165) is 55.4 Å². The van der Waals surface area contributed by atoms with Gasteiger partial charge in [-0.3, -0.25) is 9.69 Å². The van der Waals surface area contributed by atoms with Crippen LogP contribution >= 0.6 is 12.4 Å². The molecule has 2 fully saturated rings. The largest absolute Gasteiger partial charge is 0.448 e. The Balaban J connectivity index is 0.00000231. The Bertz CT molecular complexity index is 1010. The summed E-state index contributed by atoms with van der Waals surface area (Å²) in [6.45, 7) is 5.77. The predicted octanol–water partition coefficient (Wildman–Crippen LogP) is 2.71. The number of cyclic esters (lactones) is 1. The second-order valence-corrected chi connectivity index (χ2v) is 7.78. The van der Waals surface area contributed by atoms with Crippen LogP contribution in [-0.2, 0) is 27.4 Å². The fraction of sp³-hybridized carbons (Fsp3) is 0.364. The van der Waals surface area contributed by atoms with Crippen molar-refractivity contribution in [1.29, 1.82) is 0 Å². The maximum atomic E-state index is 12.6. The topological polar surface area (TPSA) is 86.9 Å². The average Bonchev–Trinajstić information content (AvgIpc) is 3.44. The number of rotatable bonds is 5. The molecule has 0 aliphatic carbocycles. The lowest BCUT2D eigenvalue weighted by Gasteiger charge is -2.25. The molecular formula is C22H25ClN4O4. The van der Waals surface area contributed by atoms with E-state index >= 15 is 0 Å². The van der Waals surface area contributed by atoms with Crippen molar-refractivity contribution in [2.45, 2.75) is 13.1 Å². The van der Waals surface area contributed by atoms with Gasteiger partial charge in [0.2, 0.25) is 0 Å². The molecule has 0 radical (unpaired) electrons. The molecule has 3 aliphatic heterocycles. The lowest BCUT2D eigenvalue weighted by molar-refractivity contribution is -0.110. The normalized spacial score (nSPS) is 19.9. The number of ether oxygens (including phenoxy) is 2. The molecule has 4 heterocycles. The summed E-state index contributed by atoms with van der Waals surface area (Å²) < 4.78 is 10.4. The predicted molar refractivity (Wildman–Crippen MR) is 119 cm³/mol. The highest BCUT2D eigenvalue weighted by Crippen LogP contribution is 2.34. The lowest BCUT2D eigenvalue weighted by Crippen LogP contribution is -2.35. The second kappa shape index (κ2) is 9.13. The number of benzene rings is 1. The van der Waals surface area contributed by atoms with E-state index < -0.39 is 0 Å². The molecule has 1 aromatic heterocycles. The highest BCUT2D eigenvalue weighted by atomic mass is 35.5. The Morgan fingerprint density at radius 3 is 2.61 bits per heavy atom. The molecule has 2 amide bonds. The van der Waals surface area contributed by atoms with Crippen LogP contribution in [0.2, 0.25) is 0 Å². The first-order chi connectivity index (χ1) is 14.7. The van der Waals surface area contributed by atoms with Crippen molar-refractivity contribution in [2.75, 3.05) is 44.8 Å². The molecule has 0 bridgehead atoms. The minimum atomic E-state index is -0.292. The molecular weight excluding hydrogens is 420 g/mol. The van der Waals surface area contributed by atoms with Crippen LogP contribution in [0.5, 0.6) is 0 Å². The van der Waals surface area contributed by atoms with Gasteiger partial charge < -0.3 is 24.7 Å². The number of carbonyl (C=O) groups excluding carboxylic acids is 2. The number of anilines is 1. The maximum Gasteiger partial charge on any atom is 0.410 e. The molecule has 0 atom stereocenters. The van der Waals surface area contributed by atoms with Crippen molar-refractivity contribution in [1.82, 2.24) is 14.8 Å². The first-order valence-corrected chi connectivity index (χ1v) is 10.2. The zero-order chi connectivity index (χ0) is 20.5. The lowest BCUT2D eigenvalue weighted by atomic mass is 10.0. The highest BCUT2D eigenvalue weighted by molar-refractivity contribution is 6.34. The van der Waals surface area contributed by atoms with Crippen molar-refractivity contribution in [3.63, 3.8) is 0 Å². The zero-order valence-corrected chi connectivity index (χ0v) is 17.9. The fourth-order valence-corrected chi connectivity index (χ4v) is 4.07. The first-order valence-electron chi connectivity index (χ1n) is 10.2. The fourth-order valence-electron chi connectivity index (χ4n) is 4.07. The quantitative estimate of drug-likeness (QED) is 0.692. The number of halogens is 1. The monoisotopic (exact) mass is 444 g/mol. The number of amides is 2. The van der Waals surface area contributed by atoms with Crippen LogP contribution in [0, 0.1) is 0 Å². The van der Waals surface area contributed by atoms with Gasteiger partial charge in [0, 0.05) is 49.3 Å². The van der Waals surface area contributed by atoms with E-state index in [-0.39, 0.29) is 24.4 Å². The summed E-state index contributed by atoms with van der Waals surface area (Å²) in [6, 6.07) is 7.88. The van der Waals surface area contributed by atoms with Gasteiger partial charge in [0.15, 0.2) is 0 Å². The minimum absolute atomic E-state index is 0. The van der Waals surface area contributed by atoms with Gasteiger partial charge in [0.1, 0.15) is 6.61 Å². The first kappa shape index (κ1) is 21.4. The van der Waals surface area contributed by atoms with E-state index in [0.29, 0.717) is 25.3 Å². The summed E-state index contributed by atoms with van der Waals surface area (Å²) in [5.41, 5.74) is 5.31. The van der Waals surface area contributed by atoms with Gasteiger partial charge in [-0.1, -0.05) is 6.07 Å². The van der Waals surface area contributed by atoms with E-state index in [2.05, 4.69) is 21.3 Å². The van der Waals surface area contributed by atoms with Gasteiger partial charge in [0.25, 0.3) is 5.91 Å². The van der Waals surface area contributed by atoms with E-state index in [1.807, 2.05) is 30.5 Å². The number of hydrogen-bond donors (Lipinski definition) is 2. The maximum absolute atomic E-state index is 12.6. The van der Waals surface area contributed by atoms with E-state index in [1.165, 1.54) is 5.56 Å². The van der Waals surface area contributed by atoms with Gasteiger partial charge in [-0.25, -0.2) is 4.79 Å². The summed E-state index contributed by atoms with van der Waals surface area (Å²) in [7, 11) is 0. The molecule has 2 N–H and O–H groups in total. The zero-order valence-electron chi connectivity index (χ0n) is 17.1. The number of fused-ring (bicyclic) bond motifs is 1. The van der Waals surface area contributed by atoms with Gasteiger partial charge in [0.05, 0.1) is 25.3 Å². The Morgan fingerprint density at radius 1 is 1.00 bits per heavy atom. The third-order valence-corrected chi connectivity index (χ3v) is 5.66. The summed E-state index contributed by atoms with van der Waals surface area (Å²) in [4.78, 5) is 31.6. The summed E-state index contributed by atoms with van der Waals surface area (Å²) in [5.74, 6) is -0.118. The SMILES string of the molecule is Cl.O=C1Nc2ccc(CN3CCOC3=O)cc2/C1=C/c1cc(CN2CCOCC2)c[nH]1. The molecule has 0 saturated carbocycles. The van der Waals surface area contributed by atoms with Crippen LogP contribution in [0.1, 0.15) is 22.4 Å². The molecule has 5 rings (SSSR count). The number of carbonyl (C=O) groups is 2. The van der Waals surface area contributed by atoms with Crippen LogP contribution in [0.25, 0.3) is 11.6 Å². The Hall–Kier alpha value is -2.81. The number of nitrogens with one attached hydrogen (secondary N) is 2. The number of nitrogens with zero attached hydrogens (tertiary/aromatic N) is 2. The van der Waals surface area contributed by atoms with Crippen molar-refractivity contribution in [3.8, 4) is 0 Å². The molecule has 1 aromatic carbocycles. The van der Waals surface area contributed by atoms with Crippen LogP contribution in [-0.4, -0.2) is 66.2 Å². The van der Waals surface area contributed by atoms with E-state index in [4.69, 9.17) is 9.47 Å². The molecule has 164 valence electrons. The van der Waals surface area contributed by atoms with Crippen molar-refractivity contribution in [2.24, 2.45) is 0 Å². The number of morpholine rings is 1. The van der Waals surface area contributed by atoms with Crippen LogP contribution in [0.15, 0.2) is 30.5 Å². The minimum Gasteiger partial charge on any atom is -0.448 e. The Labute approximate surface area is 186 Å². The van der Waals surface area contributed by atoms with Gasteiger partial charge in [-0.2, -0.15) is 0 Å². The summed E-state index contributed by atoms with van der Waals surface area (Å²) in [6.07, 6.45) is 3.59. The number of hydrogen-bond acceptors (Lipinski definition) is 5. The van der Waals surface area contributed by atoms with Crippen LogP contribution in [0.3, 0.4) is 0 Å². The Kier molecular flexibility index (Phi) is 6.31. The van der Waals surface area contributed by atoms with Gasteiger partial charge >= 0.3 is 6.09 Å². The molecule has 2 saturated heterocycles. The molecule has 0 unspecified atom stereocenters. The molecule has 9 heteroatoms. The number of H-pyrrole nitrogens is 1. The standard InChI is InChI=1S/C22H24N4O4.ClH/c27-21-19(11-17-9-16(12-23-17)13-25-3-6-29-7-4-25)18-10-15(1-2-20(18)24-21)14-26-5-8-30-22(26)28;/h1-2,9-12,23H,3-8,13-14H2,(H,24,27);1H/b19-11-;. The highest BCUT2D eigenvalue weighted by Gasteiger charge is 2.26. The van der Waals surface area contributed by atoms with Crippen LogP contribution < -0.4 is 5.32 Å². The summed E-state index contributed by atoms with van der Waals surface area (Å²) >= 11 is 0. The molecule has 31 heavy (non-hydrogen) atoms. The molecule has 8 nitrogen and oxygen atoms in total. The van der Waals surface area contributed by atoms with Crippen molar-refractivity contribution in [3.05, 3.63) is 52.8 Å². The van der Waals surface area contributed by atoms with Gasteiger partial charge in [-0.15, -0.1) is 12.4 Å². The second-order valence-electron chi connectivity index (χ2n) is 7.78. The van der Waals surface area contributed by atoms with E-state index in [1.54, 1.807) is 4.90 Å². The summed E-state index contributed by atoms with van der Waals surface area (Å²) in [5, 5.41) is 2.92. The molecule has 3 aliphatic rings. The van der Waals surface area contributed by atoms with Crippen LogP contribution in [0.4, 0.5) is 10.5 Å². The smallest absolute Gasteiger partial charge is 0.410 e. The number of aromatic nitrogens is 1. The Morgan fingerprint density at radius 2 is 1.84 bits per heavy atom.